The van der Waals surface area contributed by atoms with Crippen molar-refractivity contribution in [3.8, 4) is 0 Å². The lowest BCUT2D eigenvalue weighted by atomic mass is 10.1. The summed E-state index contributed by atoms with van der Waals surface area (Å²) in [6, 6.07) is 9.57. The highest BCUT2D eigenvalue weighted by Crippen LogP contribution is 2.31. The molecule has 2 saturated heterocycles. The molecule has 0 aromatic heterocycles. The van der Waals surface area contributed by atoms with Gasteiger partial charge >= 0.3 is 0 Å². The third-order valence-electron chi connectivity index (χ3n) is 4.43. The van der Waals surface area contributed by atoms with Crippen molar-refractivity contribution < 1.29 is 28.5 Å². The molecule has 0 radical (unpaired) electrons. The van der Waals surface area contributed by atoms with E-state index in [1.54, 1.807) is 18.7 Å². The molecule has 2 aliphatic heterocycles. The van der Waals surface area contributed by atoms with Gasteiger partial charge in [0.05, 0.1) is 19.8 Å². The molecule has 0 unspecified atom stereocenters. The molecule has 1 amide bonds. The minimum atomic E-state index is -0.949. The second-order valence-corrected chi connectivity index (χ2v) is 6.86. The molecule has 0 saturated carbocycles. The predicted molar refractivity (Wildman–Crippen MR) is 92.3 cm³/mol. The second-order valence-electron chi connectivity index (χ2n) is 6.86. The molecule has 0 bridgehead atoms. The minimum Gasteiger partial charge on any atom is -0.378 e. The summed E-state index contributed by atoms with van der Waals surface area (Å²) in [5.41, 5.74) is 0.938. The molecule has 26 heavy (non-hydrogen) atoms. The molecule has 2 fully saturated rings. The van der Waals surface area contributed by atoms with Gasteiger partial charge in [0.1, 0.15) is 12.2 Å². The SMILES string of the molecule is CC1(C)O[C@H]([C@@H](OCc2ccccc2)C(=O)N2CCOCC2)[C@@H](C=O)O1. The van der Waals surface area contributed by atoms with E-state index >= 15 is 0 Å². The molecule has 0 spiro atoms. The van der Waals surface area contributed by atoms with E-state index in [0.717, 1.165) is 5.56 Å². The van der Waals surface area contributed by atoms with Crippen molar-refractivity contribution in [2.24, 2.45) is 0 Å². The summed E-state index contributed by atoms with van der Waals surface area (Å²) in [5, 5.41) is 0. The number of morpholine rings is 1. The molecule has 0 N–H and O–H groups in total. The molecule has 3 atom stereocenters. The van der Waals surface area contributed by atoms with Gasteiger partial charge in [-0.05, 0) is 19.4 Å². The quantitative estimate of drug-likeness (QED) is 0.706. The van der Waals surface area contributed by atoms with Gasteiger partial charge in [0.25, 0.3) is 5.91 Å². The number of carbonyl (C=O) groups excluding carboxylic acids is 2. The average Bonchev–Trinajstić information content (AvgIpc) is 2.98. The maximum absolute atomic E-state index is 13.1. The van der Waals surface area contributed by atoms with Gasteiger partial charge in [-0.3, -0.25) is 4.79 Å². The Balaban J connectivity index is 1.78. The van der Waals surface area contributed by atoms with Crippen LogP contribution in [-0.2, 0) is 35.1 Å². The van der Waals surface area contributed by atoms with Crippen LogP contribution in [0.1, 0.15) is 19.4 Å². The van der Waals surface area contributed by atoms with E-state index in [4.69, 9.17) is 18.9 Å². The van der Waals surface area contributed by atoms with Gasteiger partial charge < -0.3 is 28.6 Å². The van der Waals surface area contributed by atoms with Crippen LogP contribution >= 0.6 is 0 Å². The Kier molecular flexibility index (Phi) is 6.03. The summed E-state index contributed by atoms with van der Waals surface area (Å²) in [7, 11) is 0. The van der Waals surface area contributed by atoms with Crippen LogP contribution in [0.3, 0.4) is 0 Å². The van der Waals surface area contributed by atoms with Crippen LogP contribution in [0, 0.1) is 0 Å². The maximum Gasteiger partial charge on any atom is 0.254 e. The molecule has 7 nitrogen and oxygen atoms in total. The van der Waals surface area contributed by atoms with Crippen molar-refractivity contribution in [2.45, 2.75) is 44.6 Å². The average molecular weight is 363 g/mol. The monoisotopic (exact) mass is 363 g/mol. The van der Waals surface area contributed by atoms with Crippen LogP contribution in [0.4, 0.5) is 0 Å². The number of rotatable bonds is 6. The van der Waals surface area contributed by atoms with E-state index in [1.165, 1.54) is 0 Å². The van der Waals surface area contributed by atoms with Crippen molar-refractivity contribution in [3.05, 3.63) is 35.9 Å². The highest BCUT2D eigenvalue weighted by atomic mass is 16.8. The van der Waals surface area contributed by atoms with Crippen LogP contribution < -0.4 is 0 Å². The molecule has 1 aromatic carbocycles. The third-order valence-corrected chi connectivity index (χ3v) is 4.43. The molecular weight excluding hydrogens is 338 g/mol. The first-order valence-corrected chi connectivity index (χ1v) is 8.83. The Hall–Kier alpha value is -1.80. The van der Waals surface area contributed by atoms with Crippen molar-refractivity contribution >= 4 is 12.2 Å². The highest BCUT2D eigenvalue weighted by Gasteiger charge is 2.49. The number of nitrogens with zero attached hydrogens (tertiary/aromatic N) is 1. The van der Waals surface area contributed by atoms with Crippen molar-refractivity contribution in [1.82, 2.24) is 4.90 Å². The lowest BCUT2D eigenvalue weighted by molar-refractivity contribution is -0.174. The topological polar surface area (TPSA) is 74.3 Å². The van der Waals surface area contributed by atoms with Crippen LogP contribution in [0.25, 0.3) is 0 Å². The zero-order chi connectivity index (χ0) is 18.6. The van der Waals surface area contributed by atoms with E-state index in [2.05, 4.69) is 0 Å². The Morgan fingerprint density at radius 1 is 1.27 bits per heavy atom. The fourth-order valence-electron chi connectivity index (χ4n) is 3.19. The summed E-state index contributed by atoms with van der Waals surface area (Å²) in [4.78, 5) is 26.2. The molecule has 2 heterocycles. The number of ether oxygens (including phenoxy) is 4. The van der Waals surface area contributed by atoms with Crippen molar-refractivity contribution in [2.75, 3.05) is 26.3 Å². The summed E-state index contributed by atoms with van der Waals surface area (Å²) in [6.45, 7) is 5.64. The van der Waals surface area contributed by atoms with Crippen molar-refractivity contribution in [3.63, 3.8) is 0 Å². The van der Waals surface area contributed by atoms with Crippen LogP contribution in [-0.4, -0.2) is 67.5 Å². The highest BCUT2D eigenvalue weighted by molar-refractivity contribution is 5.82. The van der Waals surface area contributed by atoms with Gasteiger partial charge in [0.2, 0.25) is 0 Å². The lowest BCUT2D eigenvalue weighted by Crippen LogP contribution is -2.52. The fourth-order valence-corrected chi connectivity index (χ4v) is 3.19. The summed E-state index contributed by atoms with van der Waals surface area (Å²) >= 11 is 0. The first-order valence-electron chi connectivity index (χ1n) is 8.83. The van der Waals surface area contributed by atoms with Gasteiger partial charge in [0.15, 0.2) is 18.2 Å². The van der Waals surface area contributed by atoms with Gasteiger partial charge in [-0.25, -0.2) is 0 Å². The van der Waals surface area contributed by atoms with Gasteiger partial charge in [-0.1, -0.05) is 30.3 Å². The Morgan fingerprint density at radius 3 is 2.62 bits per heavy atom. The zero-order valence-corrected chi connectivity index (χ0v) is 15.1. The second kappa shape index (κ2) is 8.26. The van der Waals surface area contributed by atoms with Crippen LogP contribution in [0.2, 0.25) is 0 Å². The van der Waals surface area contributed by atoms with E-state index in [9.17, 15) is 9.59 Å². The number of amides is 1. The smallest absolute Gasteiger partial charge is 0.254 e. The van der Waals surface area contributed by atoms with Gasteiger partial charge in [-0.15, -0.1) is 0 Å². The number of benzene rings is 1. The minimum absolute atomic E-state index is 0.206. The maximum atomic E-state index is 13.1. The molecule has 1 aromatic rings. The van der Waals surface area contributed by atoms with Crippen molar-refractivity contribution in [1.29, 1.82) is 0 Å². The Morgan fingerprint density at radius 2 is 1.96 bits per heavy atom. The van der Waals surface area contributed by atoms with E-state index in [1.807, 2.05) is 30.3 Å². The summed E-state index contributed by atoms with van der Waals surface area (Å²) in [5.74, 6) is -1.15. The Labute approximate surface area is 153 Å². The third kappa shape index (κ3) is 4.48. The molecule has 2 aliphatic rings. The molecule has 3 rings (SSSR count). The van der Waals surface area contributed by atoms with E-state index in [0.29, 0.717) is 32.6 Å². The molecule has 7 heteroatoms. The van der Waals surface area contributed by atoms with Gasteiger partial charge in [-0.2, -0.15) is 0 Å². The fraction of sp³-hybridized carbons (Fsp3) is 0.579. The largest absolute Gasteiger partial charge is 0.378 e. The molecule has 0 aliphatic carbocycles. The zero-order valence-electron chi connectivity index (χ0n) is 15.1. The Bertz CT molecular complexity index is 614. The van der Waals surface area contributed by atoms with Gasteiger partial charge in [0, 0.05) is 13.1 Å². The first-order chi connectivity index (χ1) is 12.5. The summed E-state index contributed by atoms with van der Waals surface area (Å²) < 4.78 is 22.7. The van der Waals surface area contributed by atoms with Crippen LogP contribution in [0.5, 0.6) is 0 Å². The first kappa shape index (κ1) is 19.0. The molecular formula is C19H25NO6. The van der Waals surface area contributed by atoms with Crippen LogP contribution in [0.15, 0.2) is 30.3 Å². The van der Waals surface area contributed by atoms with E-state index < -0.39 is 24.1 Å². The normalized spacial score (nSPS) is 26.5. The van der Waals surface area contributed by atoms with E-state index in [-0.39, 0.29) is 12.5 Å². The summed E-state index contributed by atoms with van der Waals surface area (Å²) in [6.07, 6.45) is -1.90. The molecule has 142 valence electrons. The number of aldehydes is 1. The number of carbonyl (C=O) groups is 2. The predicted octanol–water partition coefficient (Wildman–Crippen LogP) is 1.15. The number of hydrogen-bond acceptors (Lipinski definition) is 6. The standard InChI is InChI=1S/C19H25NO6/c1-19(2)25-15(12-21)16(26-19)17(18(22)20-8-10-23-11-9-20)24-13-14-6-4-3-5-7-14/h3-7,12,15-17H,8-11,13H2,1-2H3/t15-,16+,17-/m1/s1. The number of hydrogen-bond donors (Lipinski definition) is 0. The lowest BCUT2D eigenvalue weighted by Gasteiger charge is -2.33.